The van der Waals surface area contributed by atoms with E-state index in [1.54, 1.807) is 31.3 Å². The quantitative estimate of drug-likeness (QED) is 0.540. The molecule has 6 heteroatoms. The first kappa shape index (κ1) is 14.2. The van der Waals surface area contributed by atoms with Crippen molar-refractivity contribution in [2.24, 2.45) is 0 Å². The number of ether oxygens (including phenoxy) is 1. The molecule has 22 heavy (non-hydrogen) atoms. The number of pyridine rings is 2. The third kappa shape index (κ3) is 2.04. The number of hydrogen-bond donors (Lipinski definition) is 0. The molecule has 0 amide bonds. The Morgan fingerprint density at radius 3 is 2.64 bits per heavy atom. The Hall–Kier alpha value is -2.76. The second-order valence-electron chi connectivity index (χ2n) is 4.66. The lowest BCUT2D eigenvalue weighted by Crippen LogP contribution is -2.20. The highest BCUT2D eigenvalue weighted by molar-refractivity contribution is 6.01. The van der Waals surface area contributed by atoms with Crippen LogP contribution in [0.25, 0.3) is 16.4 Å². The van der Waals surface area contributed by atoms with Gasteiger partial charge in [-0.3, -0.25) is 4.79 Å². The first-order valence-corrected chi connectivity index (χ1v) is 6.63. The number of rotatable bonds is 2. The Labute approximate surface area is 123 Å². The highest BCUT2D eigenvalue weighted by Gasteiger charge is 2.20. The minimum atomic E-state index is -1.14. The van der Waals surface area contributed by atoms with E-state index in [1.165, 1.54) is 4.40 Å². The molecule has 0 atom stereocenters. The summed E-state index contributed by atoms with van der Waals surface area (Å²) in [4.78, 5) is 24.6. The van der Waals surface area contributed by atoms with E-state index >= 15 is 0 Å². The number of carbonyl (C=O) groups excluding carboxylic acids is 1. The minimum Gasteiger partial charge on any atom is -0.462 e. The Morgan fingerprint density at radius 1 is 1.18 bits per heavy atom. The molecule has 2 aromatic heterocycles. The van der Waals surface area contributed by atoms with Crippen LogP contribution in [0.4, 0.5) is 8.78 Å². The van der Waals surface area contributed by atoms with Crippen LogP contribution in [0.15, 0.2) is 41.3 Å². The Morgan fingerprint density at radius 2 is 1.91 bits per heavy atom. The van der Waals surface area contributed by atoms with Crippen LogP contribution in [0.3, 0.4) is 0 Å². The number of nitrogens with zero attached hydrogens (tertiary/aromatic N) is 1. The molecule has 0 unspecified atom stereocenters. The largest absolute Gasteiger partial charge is 0.462 e. The molecule has 0 radical (unpaired) electrons. The fourth-order valence-electron chi connectivity index (χ4n) is 2.43. The van der Waals surface area contributed by atoms with Crippen LogP contribution in [0, 0.1) is 11.6 Å². The number of aromatic nitrogens is 1. The number of carbonyl (C=O) groups is 1. The van der Waals surface area contributed by atoms with Crippen molar-refractivity contribution in [2.45, 2.75) is 6.92 Å². The van der Waals surface area contributed by atoms with E-state index in [2.05, 4.69) is 0 Å². The number of fused-ring (bicyclic) bond motifs is 3. The molecule has 0 N–H and O–H groups in total. The highest BCUT2D eigenvalue weighted by atomic mass is 19.2. The molecule has 1 aromatic carbocycles. The molecule has 0 aliphatic heterocycles. The molecule has 4 nitrogen and oxygen atoms in total. The second kappa shape index (κ2) is 5.22. The summed E-state index contributed by atoms with van der Waals surface area (Å²) in [5.41, 5.74) is -0.406. The van der Waals surface area contributed by atoms with Crippen molar-refractivity contribution in [3.8, 4) is 0 Å². The summed E-state index contributed by atoms with van der Waals surface area (Å²) in [6.07, 6.45) is 1.57. The monoisotopic (exact) mass is 303 g/mol. The summed E-state index contributed by atoms with van der Waals surface area (Å²) in [5.74, 6) is -2.99. The van der Waals surface area contributed by atoms with E-state index < -0.39 is 23.0 Å². The van der Waals surface area contributed by atoms with Crippen molar-refractivity contribution in [2.75, 3.05) is 6.61 Å². The predicted molar refractivity (Wildman–Crippen MR) is 77.0 cm³/mol. The van der Waals surface area contributed by atoms with Crippen molar-refractivity contribution in [3.05, 3.63) is 63.9 Å². The average Bonchev–Trinajstić information content (AvgIpc) is 2.50. The van der Waals surface area contributed by atoms with Crippen molar-refractivity contribution >= 4 is 22.4 Å². The van der Waals surface area contributed by atoms with Crippen molar-refractivity contribution in [1.82, 2.24) is 4.40 Å². The van der Waals surface area contributed by atoms with Gasteiger partial charge in [0.2, 0.25) is 5.43 Å². The molecule has 2 heterocycles. The van der Waals surface area contributed by atoms with Crippen LogP contribution in [0.5, 0.6) is 0 Å². The molecule has 0 aliphatic carbocycles. The Balaban J connectivity index is 2.54. The van der Waals surface area contributed by atoms with Gasteiger partial charge in [0.15, 0.2) is 11.6 Å². The highest BCUT2D eigenvalue weighted by Crippen LogP contribution is 2.20. The summed E-state index contributed by atoms with van der Waals surface area (Å²) >= 11 is 0. The van der Waals surface area contributed by atoms with Gasteiger partial charge in [-0.15, -0.1) is 0 Å². The summed E-state index contributed by atoms with van der Waals surface area (Å²) in [7, 11) is 0. The van der Waals surface area contributed by atoms with Gasteiger partial charge in [0.05, 0.1) is 23.0 Å². The van der Waals surface area contributed by atoms with Crippen LogP contribution < -0.4 is 5.43 Å². The standard InChI is InChI=1S/C16H11F2NO3/c1-2-22-16(21)14-12-5-3-4-6-19(12)13-8-11(18)10(17)7-9(13)15(14)20/h3-8H,2H2,1H3. The number of esters is 1. The third-order valence-electron chi connectivity index (χ3n) is 3.37. The lowest BCUT2D eigenvalue weighted by Gasteiger charge is -2.11. The summed E-state index contributed by atoms with van der Waals surface area (Å²) in [5, 5.41) is -0.0781. The zero-order chi connectivity index (χ0) is 15.9. The Kier molecular flexibility index (Phi) is 3.36. The Bertz CT molecular complexity index is 963. The number of halogens is 2. The molecule has 112 valence electrons. The average molecular weight is 303 g/mol. The molecule has 0 bridgehead atoms. The zero-order valence-electron chi connectivity index (χ0n) is 11.6. The summed E-state index contributed by atoms with van der Waals surface area (Å²) in [6, 6.07) is 6.59. The molecule has 0 saturated carbocycles. The zero-order valence-corrected chi connectivity index (χ0v) is 11.6. The lowest BCUT2D eigenvalue weighted by molar-refractivity contribution is 0.0527. The van der Waals surface area contributed by atoms with Gasteiger partial charge in [-0.05, 0) is 25.1 Å². The molecule has 3 aromatic rings. The SMILES string of the molecule is CCOC(=O)c1c(=O)c2cc(F)c(F)cc2n2ccccc12. The van der Waals surface area contributed by atoms with E-state index in [1.807, 2.05) is 0 Å². The van der Waals surface area contributed by atoms with Gasteiger partial charge in [-0.25, -0.2) is 13.6 Å². The van der Waals surface area contributed by atoms with Gasteiger partial charge >= 0.3 is 5.97 Å². The van der Waals surface area contributed by atoms with Crippen LogP contribution in [0.1, 0.15) is 17.3 Å². The lowest BCUT2D eigenvalue weighted by atomic mass is 10.1. The number of benzene rings is 1. The molecule has 0 spiro atoms. The molecular weight excluding hydrogens is 292 g/mol. The summed E-state index contributed by atoms with van der Waals surface area (Å²) < 4.78 is 33.3. The van der Waals surface area contributed by atoms with Gasteiger partial charge in [0.1, 0.15) is 5.56 Å². The van der Waals surface area contributed by atoms with E-state index in [0.29, 0.717) is 0 Å². The maximum absolute atomic E-state index is 13.5. The van der Waals surface area contributed by atoms with Gasteiger partial charge in [-0.2, -0.15) is 0 Å². The first-order chi connectivity index (χ1) is 10.5. The molecular formula is C16H11F2NO3. The van der Waals surface area contributed by atoms with Crippen LogP contribution in [-0.2, 0) is 4.74 Å². The van der Waals surface area contributed by atoms with Crippen LogP contribution in [-0.4, -0.2) is 17.0 Å². The van der Waals surface area contributed by atoms with E-state index in [9.17, 15) is 18.4 Å². The fraction of sp³-hybridized carbons (Fsp3) is 0.125. The first-order valence-electron chi connectivity index (χ1n) is 6.63. The second-order valence-corrected chi connectivity index (χ2v) is 4.66. The minimum absolute atomic E-state index is 0.0781. The van der Waals surface area contributed by atoms with Crippen molar-refractivity contribution in [3.63, 3.8) is 0 Å². The van der Waals surface area contributed by atoms with Crippen LogP contribution in [0.2, 0.25) is 0 Å². The van der Waals surface area contributed by atoms with E-state index in [-0.39, 0.29) is 28.6 Å². The molecule has 0 saturated heterocycles. The predicted octanol–water partition coefficient (Wildman–Crippen LogP) is 2.91. The van der Waals surface area contributed by atoms with E-state index in [4.69, 9.17) is 4.74 Å². The molecule has 0 fully saturated rings. The van der Waals surface area contributed by atoms with Gasteiger partial charge < -0.3 is 9.14 Å². The smallest absolute Gasteiger partial charge is 0.344 e. The maximum atomic E-state index is 13.5. The summed E-state index contributed by atoms with van der Waals surface area (Å²) in [6.45, 7) is 1.72. The fourth-order valence-corrected chi connectivity index (χ4v) is 2.43. The van der Waals surface area contributed by atoms with Crippen LogP contribution >= 0.6 is 0 Å². The van der Waals surface area contributed by atoms with Crippen molar-refractivity contribution in [1.29, 1.82) is 0 Å². The van der Waals surface area contributed by atoms with E-state index in [0.717, 1.165) is 12.1 Å². The molecule has 0 aliphatic rings. The van der Waals surface area contributed by atoms with Gasteiger partial charge in [-0.1, -0.05) is 6.07 Å². The van der Waals surface area contributed by atoms with Gasteiger partial charge in [0, 0.05) is 12.3 Å². The molecule has 3 rings (SSSR count). The maximum Gasteiger partial charge on any atom is 0.344 e. The number of hydrogen-bond acceptors (Lipinski definition) is 3. The van der Waals surface area contributed by atoms with Gasteiger partial charge in [0.25, 0.3) is 0 Å². The third-order valence-corrected chi connectivity index (χ3v) is 3.37. The van der Waals surface area contributed by atoms with Crippen molar-refractivity contribution < 1.29 is 18.3 Å². The normalized spacial score (nSPS) is 11.0. The topological polar surface area (TPSA) is 47.8 Å².